The average molecular weight is 251 g/mol. The third-order valence-corrected chi connectivity index (χ3v) is 2.60. The number of rotatable bonds is 7. The first kappa shape index (κ1) is 14.4. The predicted molar refractivity (Wildman–Crippen MR) is 71.7 cm³/mol. The number of hydrogen-bond donors (Lipinski definition) is 2. The molecule has 0 aromatic carbocycles. The first-order valence-corrected chi connectivity index (χ1v) is 6.33. The van der Waals surface area contributed by atoms with Crippen molar-refractivity contribution >= 4 is 11.6 Å². The Morgan fingerprint density at radius 3 is 2.72 bits per heavy atom. The highest BCUT2D eigenvalue weighted by molar-refractivity contribution is 5.92. The van der Waals surface area contributed by atoms with Crippen LogP contribution in [0.5, 0.6) is 0 Å². The number of amides is 1. The van der Waals surface area contributed by atoms with Crippen molar-refractivity contribution in [2.24, 2.45) is 0 Å². The van der Waals surface area contributed by atoms with Crippen molar-refractivity contribution in [1.82, 2.24) is 9.88 Å². The van der Waals surface area contributed by atoms with Gasteiger partial charge in [0.25, 0.3) is 5.91 Å². The van der Waals surface area contributed by atoms with Crippen molar-refractivity contribution in [1.29, 1.82) is 0 Å². The summed E-state index contributed by atoms with van der Waals surface area (Å²) in [4.78, 5) is 17.7. The summed E-state index contributed by atoms with van der Waals surface area (Å²) in [5.41, 5.74) is 1.32. The van der Waals surface area contributed by atoms with E-state index in [1.54, 1.807) is 17.2 Å². The maximum Gasteiger partial charge on any atom is 0.272 e. The Morgan fingerprint density at radius 1 is 1.44 bits per heavy atom. The summed E-state index contributed by atoms with van der Waals surface area (Å²) in [6.07, 6.45) is 2.70. The van der Waals surface area contributed by atoms with E-state index in [2.05, 4.69) is 17.2 Å². The number of pyridine rings is 1. The van der Waals surface area contributed by atoms with E-state index < -0.39 is 0 Å². The zero-order chi connectivity index (χ0) is 13.4. The lowest BCUT2D eigenvalue weighted by Crippen LogP contribution is -2.33. The van der Waals surface area contributed by atoms with Crippen molar-refractivity contribution in [3.05, 3.63) is 24.0 Å². The van der Waals surface area contributed by atoms with Crippen molar-refractivity contribution in [2.45, 2.75) is 20.3 Å². The molecule has 1 rings (SSSR count). The number of aliphatic hydroxyl groups excluding tert-OH is 1. The van der Waals surface area contributed by atoms with Gasteiger partial charge in [-0.05, 0) is 25.5 Å². The number of aromatic nitrogens is 1. The second-order valence-electron chi connectivity index (χ2n) is 3.97. The zero-order valence-electron chi connectivity index (χ0n) is 11.0. The fraction of sp³-hybridized carbons (Fsp3) is 0.538. The van der Waals surface area contributed by atoms with E-state index in [-0.39, 0.29) is 12.5 Å². The minimum atomic E-state index is -0.145. The molecule has 100 valence electrons. The Labute approximate surface area is 108 Å². The van der Waals surface area contributed by atoms with E-state index in [0.717, 1.165) is 18.7 Å². The molecule has 1 heterocycles. The number of carbonyl (C=O) groups excluding carboxylic acids is 1. The molecule has 0 unspecified atom stereocenters. The fourth-order valence-corrected chi connectivity index (χ4v) is 1.58. The van der Waals surface area contributed by atoms with Crippen LogP contribution in [0.25, 0.3) is 0 Å². The van der Waals surface area contributed by atoms with Gasteiger partial charge >= 0.3 is 0 Å². The Morgan fingerprint density at radius 2 is 2.22 bits per heavy atom. The second-order valence-corrected chi connectivity index (χ2v) is 3.97. The van der Waals surface area contributed by atoms with Crippen molar-refractivity contribution in [2.75, 3.05) is 31.6 Å². The SMILES string of the molecule is CCCNc1ccc(C(=O)N(CC)CCO)nc1. The summed E-state index contributed by atoms with van der Waals surface area (Å²) in [6.45, 7) is 5.73. The summed E-state index contributed by atoms with van der Waals surface area (Å²) >= 11 is 0. The average Bonchev–Trinajstić information content (AvgIpc) is 2.42. The lowest BCUT2D eigenvalue weighted by molar-refractivity contribution is 0.0726. The van der Waals surface area contributed by atoms with Gasteiger partial charge in [-0.3, -0.25) is 4.79 Å². The van der Waals surface area contributed by atoms with Crippen LogP contribution in [0.3, 0.4) is 0 Å². The standard InChI is InChI=1S/C13H21N3O2/c1-3-7-14-11-5-6-12(15-10-11)13(18)16(4-2)8-9-17/h5-6,10,14,17H,3-4,7-9H2,1-2H3. The number of aliphatic hydroxyl groups is 1. The van der Waals surface area contributed by atoms with E-state index in [1.807, 2.05) is 13.0 Å². The number of likely N-dealkylation sites (N-methyl/N-ethyl adjacent to an activating group) is 1. The first-order chi connectivity index (χ1) is 8.72. The van der Waals surface area contributed by atoms with Crippen LogP contribution in [0, 0.1) is 0 Å². The minimum Gasteiger partial charge on any atom is -0.395 e. The van der Waals surface area contributed by atoms with Crippen molar-refractivity contribution < 1.29 is 9.90 Å². The van der Waals surface area contributed by atoms with Crippen LogP contribution in [0.1, 0.15) is 30.8 Å². The molecular formula is C13H21N3O2. The quantitative estimate of drug-likeness (QED) is 0.768. The summed E-state index contributed by atoms with van der Waals surface area (Å²) in [7, 11) is 0. The fourth-order valence-electron chi connectivity index (χ4n) is 1.58. The Balaban J connectivity index is 2.68. The molecule has 0 spiro atoms. The van der Waals surface area contributed by atoms with E-state index in [1.165, 1.54) is 0 Å². The molecule has 0 atom stereocenters. The van der Waals surface area contributed by atoms with E-state index in [0.29, 0.717) is 18.8 Å². The van der Waals surface area contributed by atoms with Crippen LogP contribution in [0.2, 0.25) is 0 Å². The Bertz CT molecular complexity index is 365. The highest BCUT2D eigenvalue weighted by atomic mass is 16.3. The molecular weight excluding hydrogens is 230 g/mol. The molecule has 18 heavy (non-hydrogen) atoms. The highest BCUT2D eigenvalue weighted by Crippen LogP contribution is 2.08. The molecule has 5 nitrogen and oxygen atoms in total. The Hall–Kier alpha value is -1.62. The van der Waals surface area contributed by atoms with Crippen LogP contribution < -0.4 is 5.32 Å². The number of hydrogen-bond acceptors (Lipinski definition) is 4. The predicted octanol–water partition coefficient (Wildman–Crippen LogP) is 1.36. The van der Waals surface area contributed by atoms with Gasteiger partial charge in [-0.15, -0.1) is 0 Å². The van der Waals surface area contributed by atoms with Gasteiger partial charge in [0.05, 0.1) is 18.5 Å². The number of carbonyl (C=O) groups is 1. The third kappa shape index (κ3) is 4.00. The lowest BCUT2D eigenvalue weighted by atomic mass is 10.3. The summed E-state index contributed by atoms with van der Waals surface area (Å²) < 4.78 is 0. The summed E-state index contributed by atoms with van der Waals surface area (Å²) in [5, 5.41) is 12.1. The molecule has 0 saturated carbocycles. The molecule has 1 aromatic rings. The van der Waals surface area contributed by atoms with Crippen molar-refractivity contribution in [3.8, 4) is 0 Å². The van der Waals surface area contributed by atoms with Crippen LogP contribution in [-0.2, 0) is 0 Å². The molecule has 0 fully saturated rings. The summed E-state index contributed by atoms with van der Waals surface area (Å²) in [6, 6.07) is 3.56. The largest absolute Gasteiger partial charge is 0.395 e. The normalized spacial score (nSPS) is 10.2. The topological polar surface area (TPSA) is 65.5 Å². The molecule has 0 bridgehead atoms. The molecule has 0 aliphatic rings. The molecule has 0 aliphatic heterocycles. The Kier molecular flexibility index (Phi) is 6.14. The molecule has 2 N–H and O–H groups in total. The van der Waals surface area contributed by atoms with Gasteiger partial charge in [0.2, 0.25) is 0 Å². The van der Waals surface area contributed by atoms with Crippen LogP contribution >= 0.6 is 0 Å². The second kappa shape index (κ2) is 7.66. The highest BCUT2D eigenvalue weighted by Gasteiger charge is 2.14. The van der Waals surface area contributed by atoms with Gasteiger partial charge in [-0.2, -0.15) is 0 Å². The van der Waals surface area contributed by atoms with E-state index >= 15 is 0 Å². The van der Waals surface area contributed by atoms with Gasteiger partial charge in [0.15, 0.2) is 0 Å². The maximum absolute atomic E-state index is 12.0. The zero-order valence-corrected chi connectivity index (χ0v) is 11.0. The van der Waals surface area contributed by atoms with Crippen LogP contribution in [0.15, 0.2) is 18.3 Å². The van der Waals surface area contributed by atoms with Crippen molar-refractivity contribution in [3.63, 3.8) is 0 Å². The van der Waals surface area contributed by atoms with Gasteiger partial charge in [-0.1, -0.05) is 6.92 Å². The lowest BCUT2D eigenvalue weighted by Gasteiger charge is -2.19. The molecule has 1 amide bonds. The first-order valence-electron chi connectivity index (χ1n) is 6.33. The monoisotopic (exact) mass is 251 g/mol. The van der Waals surface area contributed by atoms with Gasteiger partial charge < -0.3 is 15.3 Å². The number of anilines is 1. The van der Waals surface area contributed by atoms with E-state index in [9.17, 15) is 4.79 Å². The van der Waals surface area contributed by atoms with Gasteiger partial charge in [0, 0.05) is 19.6 Å². The maximum atomic E-state index is 12.0. The number of nitrogens with one attached hydrogen (secondary N) is 1. The molecule has 5 heteroatoms. The third-order valence-electron chi connectivity index (χ3n) is 2.60. The number of nitrogens with zero attached hydrogens (tertiary/aromatic N) is 2. The van der Waals surface area contributed by atoms with E-state index in [4.69, 9.17) is 5.11 Å². The van der Waals surface area contributed by atoms with Crippen LogP contribution in [0.4, 0.5) is 5.69 Å². The molecule has 0 saturated heterocycles. The molecule has 0 radical (unpaired) electrons. The molecule has 0 aliphatic carbocycles. The minimum absolute atomic E-state index is 0.0320. The van der Waals surface area contributed by atoms with Crippen LogP contribution in [-0.4, -0.2) is 47.1 Å². The van der Waals surface area contributed by atoms with Gasteiger partial charge in [-0.25, -0.2) is 4.98 Å². The molecule has 1 aromatic heterocycles. The van der Waals surface area contributed by atoms with Gasteiger partial charge in [0.1, 0.15) is 5.69 Å². The summed E-state index contributed by atoms with van der Waals surface area (Å²) in [5.74, 6) is -0.145. The smallest absolute Gasteiger partial charge is 0.272 e.